The minimum absolute atomic E-state index is 0.821. The number of hydrogen-bond donors (Lipinski definition) is 0. The summed E-state index contributed by atoms with van der Waals surface area (Å²) in [7, 11) is 0. The Morgan fingerprint density at radius 1 is 1.25 bits per heavy atom. The van der Waals surface area contributed by atoms with Gasteiger partial charge in [-0.2, -0.15) is 0 Å². The highest BCUT2D eigenvalue weighted by molar-refractivity contribution is 6.30. The van der Waals surface area contributed by atoms with Gasteiger partial charge in [0.15, 0.2) is 0 Å². The summed E-state index contributed by atoms with van der Waals surface area (Å²) in [4.78, 5) is 4.43. The summed E-state index contributed by atoms with van der Waals surface area (Å²) in [6.07, 6.45) is 8.38. The molecule has 0 aliphatic carbocycles. The van der Waals surface area contributed by atoms with Crippen molar-refractivity contribution in [2.24, 2.45) is 4.99 Å². The van der Waals surface area contributed by atoms with E-state index in [9.17, 15) is 0 Å². The number of allylic oxidation sites excluding steroid dienone is 2. The van der Waals surface area contributed by atoms with Crippen molar-refractivity contribution in [1.82, 2.24) is 0 Å². The van der Waals surface area contributed by atoms with E-state index in [2.05, 4.69) is 30.1 Å². The van der Waals surface area contributed by atoms with Crippen molar-refractivity contribution < 1.29 is 0 Å². The van der Waals surface area contributed by atoms with Crippen molar-refractivity contribution in [2.45, 2.75) is 32.6 Å². The summed E-state index contributed by atoms with van der Waals surface area (Å²) in [6.45, 7) is 2.16. The van der Waals surface area contributed by atoms with Crippen molar-refractivity contribution >= 4 is 17.8 Å². The van der Waals surface area contributed by atoms with Gasteiger partial charge in [-0.3, -0.25) is 4.99 Å². The minimum Gasteiger partial charge on any atom is -0.266 e. The zero-order valence-electron chi connectivity index (χ0n) is 9.54. The Labute approximate surface area is 102 Å². The maximum Gasteiger partial charge on any atom is 0.0408 e. The van der Waals surface area contributed by atoms with Crippen LogP contribution in [0.2, 0.25) is 5.02 Å². The van der Waals surface area contributed by atoms with Crippen molar-refractivity contribution in [3.8, 4) is 0 Å². The van der Waals surface area contributed by atoms with Crippen LogP contribution < -0.4 is 0 Å². The van der Waals surface area contributed by atoms with Crippen molar-refractivity contribution in [1.29, 1.82) is 0 Å². The third kappa shape index (κ3) is 2.73. The number of hydrogen-bond acceptors (Lipinski definition) is 1. The Hall–Kier alpha value is -1.08. The number of nitrogens with zero attached hydrogens (tertiary/aromatic N) is 1. The van der Waals surface area contributed by atoms with Crippen LogP contribution in [-0.4, -0.2) is 6.21 Å². The molecular weight excluding hydrogens is 218 g/mol. The average molecular weight is 234 g/mol. The molecule has 0 bridgehead atoms. The monoisotopic (exact) mass is 233 g/mol. The van der Waals surface area contributed by atoms with Crippen LogP contribution in [0.3, 0.4) is 0 Å². The van der Waals surface area contributed by atoms with Gasteiger partial charge in [-0.1, -0.05) is 30.7 Å². The molecule has 0 aromatic heterocycles. The molecule has 2 heteroatoms. The van der Waals surface area contributed by atoms with E-state index >= 15 is 0 Å². The fraction of sp³-hybridized carbons (Fsp3) is 0.357. The second-order valence-electron chi connectivity index (χ2n) is 4.03. The topological polar surface area (TPSA) is 12.4 Å². The van der Waals surface area contributed by atoms with E-state index in [0.717, 1.165) is 30.7 Å². The highest BCUT2D eigenvalue weighted by atomic mass is 35.5. The maximum absolute atomic E-state index is 5.99. The molecule has 0 spiro atoms. The highest BCUT2D eigenvalue weighted by Gasteiger charge is 2.05. The third-order valence-electron chi connectivity index (χ3n) is 2.85. The molecule has 84 valence electrons. The number of halogens is 1. The van der Waals surface area contributed by atoms with Gasteiger partial charge in [0, 0.05) is 23.4 Å². The molecule has 0 atom stereocenters. The van der Waals surface area contributed by atoms with Crippen molar-refractivity contribution in [3.63, 3.8) is 0 Å². The summed E-state index contributed by atoms with van der Waals surface area (Å²) >= 11 is 5.99. The quantitative estimate of drug-likeness (QED) is 0.742. The summed E-state index contributed by atoms with van der Waals surface area (Å²) in [5, 5.41) is 0.821. The molecule has 1 aromatic carbocycles. The van der Waals surface area contributed by atoms with Crippen LogP contribution in [0.5, 0.6) is 0 Å². The van der Waals surface area contributed by atoms with Gasteiger partial charge in [0.05, 0.1) is 0 Å². The number of benzene rings is 1. The molecule has 0 amide bonds. The number of aliphatic imine (C=N–C) groups is 1. The van der Waals surface area contributed by atoms with E-state index in [-0.39, 0.29) is 0 Å². The maximum atomic E-state index is 5.99. The predicted octanol–water partition coefficient (Wildman–Crippen LogP) is 4.19. The van der Waals surface area contributed by atoms with E-state index in [1.54, 1.807) is 0 Å². The van der Waals surface area contributed by atoms with Gasteiger partial charge in [0.1, 0.15) is 0 Å². The highest BCUT2D eigenvalue weighted by Crippen LogP contribution is 2.21. The van der Waals surface area contributed by atoms with Crippen molar-refractivity contribution in [2.75, 3.05) is 0 Å². The molecule has 1 aliphatic rings. The van der Waals surface area contributed by atoms with Crippen LogP contribution in [0.1, 0.15) is 30.9 Å². The van der Waals surface area contributed by atoms with Crippen LogP contribution in [0.15, 0.2) is 35.0 Å². The van der Waals surface area contributed by atoms with E-state index < -0.39 is 0 Å². The zero-order valence-corrected chi connectivity index (χ0v) is 10.3. The molecule has 0 N–H and O–H groups in total. The molecule has 0 saturated carbocycles. The molecule has 1 aliphatic heterocycles. The van der Waals surface area contributed by atoms with Gasteiger partial charge in [0.25, 0.3) is 0 Å². The fourth-order valence-electron chi connectivity index (χ4n) is 1.97. The molecule has 1 aromatic rings. The second kappa shape index (κ2) is 5.31. The fourth-order valence-corrected chi connectivity index (χ4v) is 2.16. The lowest BCUT2D eigenvalue weighted by molar-refractivity contribution is 0.974. The number of aryl methyl sites for hydroxylation is 1. The Kier molecular flexibility index (Phi) is 3.79. The Bertz CT molecular complexity index is 432. The minimum atomic E-state index is 0.821. The lowest BCUT2D eigenvalue weighted by Gasteiger charge is -2.10. The Morgan fingerprint density at radius 2 is 2.12 bits per heavy atom. The van der Waals surface area contributed by atoms with Gasteiger partial charge >= 0.3 is 0 Å². The summed E-state index contributed by atoms with van der Waals surface area (Å²) in [5.74, 6) is 0. The first-order valence-electron chi connectivity index (χ1n) is 5.78. The van der Waals surface area contributed by atoms with Gasteiger partial charge in [-0.15, -0.1) is 0 Å². The molecule has 0 fully saturated rings. The first kappa shape index (κ1) is 11.4. The van der Waals surface area contributed by atoms with Gasteiger partial charge in [-0.05, 0) is 42.5 Å². The lowest BCUT2D eigenvalue weighted by Crippen LogP contribution is -1.97. The van der Waals surface area contributed by atoms with E-state index in [0.29, 0.717) is 0 Å². The molecule has 2 rings (SSSR count). The van der Waals surface area contributed by atoms with E-state index in [4.69, 9.17) is 11.6 Å². The third-order valence-corrected chi connectivity index (χ3v) is 3.09. The van der Waals surface area contributed by atoms with Crippen LogP contribution in [0.4, 0.5) is 0 Å². The first-order valence-corrected chi connectivity index (χ1v) is 6.16. The van der Waals surface area contributed by atoms with Gasteiger partial charge in [-0.25, -0.2) is 0 Å². The molecule has 0 unspecified atom stereocenters. The predicted molar refractivity (Wildman–Crippen MR) is 70.3 cm³/mol. The molecule has 0 saturated heterocycles. The zero-order chi connectivity index (χ0) is 11.4. The van der Waals surface area contributed by atoms with E-state index in [1.807, 2.05) is 12.3 Å². The van der Waals surface area contributed by atoms with Crippen molar-refractivity contribution in [3.05, 3.63) is 46.1 Å². The van der Waals surface area contributed by atoms with Gasteiger partial charge in [0.2, 0.25) is 0 Å². The molecule has 1 nitrogen and oxygen atoms in total. The van der Waals surface area contributed by atoms with Gasteiger partial charge < -0.3 is 0 Å². The summed E-state index contributed by atoms with van der Waals surface area (Å²) in [6, 6.07) is 6.14. The average Bonchev–Trinajstić information content (AvgIpc) is 2.33. The molecule has 16 heavy (non-hydrogen) atoms. The SMILES string of the molecule is CCc1cc(Cl)ccc1CC1=CCCC=N1. The lowest BCUT2D eigenvalue weighted by atomic mass is 10.00. The standard InChI is InChI=1S/C14H16ClN/c1-2-11-9-13(15)7-6-12(11)10-14-5-3-4-8-16-14/h5-9H,2-4,10H2,1H3. The second-order valence-corrected chi connectivity index (χ2v) is 4.46. The van der Waals surface area contributed by atoms with E-state index in [1.165, 1.54) is 16.8 Å². The largest absolute Gasteiger partial charge is 0.266 e. The molecule has 0 radical (unpaired) electrons. The normalized spacial score (nSPS) is 15.0. The molecule has 1 heterocycles. The Balaban J connectivity index is 2.20. The van der Waals surface area contributed by atoms with Crippen LogP contribution in [0, 0.1) is 0 Å². The summed E-state index contributed by atoms with van der Waals surface area (Å²) in [5.41, 5.74) is 3.86. The first-order chi connectivity index (χ1) is 7.79. The summed E-state index contributed by atoms with van der Waals surface area (Å²) < 4.78 is 0. The number of rotatable bonds is 3. The Morgan fingerprint density at radius 3 is 2.81 bits per heavy atom. The van der Waals surface area contributed by atoms with Crippen LogP contribution in [-0.2, 0) is 12.8 Å². The van der Waals surface area contributed by atoms with Crippen LogP contribution >= 0.6 is 11.6 Å². The smallest absolute Gasteiger partial charge is 0.0408 e. The molecular formula is C14H16ClN. The van der Waals surface area contributed by atoms with Crippen LogP contribution in [0.25, 0.3) is 0 Å².